The van der Waals surface area contributed by atoms with E-state index in [2.05, 4.69) is 10.4 Å². The molecule has 0 saturated heterocycles. The molecule has 9 nitrogen and oxygen atoms in total. The Morgan fingerprint density at radius 3 is 2.40 bits per heavy atom. The first-order chi connectivity index (χ1) is 16.3. The Morgan fingerprint density at radius 2 is 1.83 bits per heavy atom. The van der Waals surface area contributed by atoms with E-state index in [9.17, 15) is 31.9 Å². The summed E-state index contributed by atoms with van der Waals surface area (Å²) in [7, 11) is 4.02. The van der Waals surface area contributed by atoms with Crippen LogP contribution in [0.15, 0.2) is 46.0 Å². The maximum Gasteiger partial charge on any atom is 0.418 e. The lowest BCUT2D eigenvalue weighted by Crippen LogP contribution is -2.41. The van der Waals surface area contributed by atoms with Crippen LogP contribution in [0.2, 0.25) is 0 Å². The van der Waals surface area contributed by atoms with Crippen molar-refractivity contribution in [3.8, 4) is 11.6 Å². The summed E-state index contributed by atoms with van der Waals surface area (Å²) in [6.45, 7) is 0.779. The summed E-state index contributed by atoms with van der Waals surface area (Å²) in [5, 5.41) is 6.14. The number of anilines is 2. The van der Waals surface area contributed by atoms with E-state index in [1.54, 1.807) is 0 Å². The third-order valence-electron chi connectivity index (χ3n) is 4.92. The maximum atomic E-state index is 14.1. The predicted octanol–water partition coefficient (Wildman–Crippen LogP) is 2.63. The average molecular weight is 495 g/mol. The summed E-state index contributed by atoms with van der Waals surface area (Å²) in [5.74, 6) is -1.80. The zero-order valence-electron chi connectivity index (χ0n) is 19.1. The standard InChI is InChI=1S/C22H21F4N5O4/c1-12(32)27-17-10-14(6-8-16(17)23)31-21(34)30(20(33)19(28-31)35-4)11-13-5-7-15(22(24,25)26)18(9-13)29(2)3/h5-10H,11H2,1-4H3,(H,27,32). The van der Waals surface area contributed by atoms with Gasteiger partial charge in [0.15, 0.2) is 0 Å². The van der Waals surface area contributed by atoms with E-state index >= 15 is 0 Å². The van der Waals surface area contributed by atoms with Gasteiger partial charge in [-0.1, -0.05) is 6.07 Å². The van der Waals surface area contributed by atoms with Crippen LogP contribution in [-0.4, -0.2) is 41.5 Å². The van der Waals surface area contributed by atoms with Crippen molar-refractivity contribution in [3.05, 3.63) is 74.2 Å². The minimum absolute atomic E-state index is 0.00796. The van der Waals surface area contributed by atoms with Crippen molar-refractivity contribution < 1.29 is 27.1 Å². The smallest absolute Gasteiger partial charge is 0.418 e. The zero-order chi connectivity index (χ0) is 26.1. The number of hydrogen-bond donors (Lipinski definition) is 1. The van der Waals surface area contributed by atoms with Gasteiger partial charge in [0.1, 0.15) is 5.82 Å². The van der Waals surface area contributed by atoms with Crippen LogP contribution >= 0.6 is 0 Å². The van der Waals surface area contributed by atoms with Gasteiger partial charge in [0.25, 0.3) is 5.88 Å². The molecule has 0 bridgehead atoms. The van der Waals surface area contributed by atoms with Gasteiger partial charge >= 0.3 is 17.4 Å². The van der Waals surface area contributed by atoms with Crippen LogP contribution in [0.3, 0.4) is 0 Å². The lowest BCUT2D eigenvalue weighted by atomic mass is 10.1. The summed E-state index contributed by atoms with van der Waals surface area (Å²) in [5.41, 5.74) is -2.87. The first-order valence-corrected chi connectivity index (χ1v) is 10.1. The summed E-state index contributed by atoms with van der Waals surface area (Å²) in [6, 6.07) is 6.58. The maximum absolute atomic E-state index is 14.1. The third kappa shape index (κ3) is 5.34. The molecule has 0 unspecified atom stereocenters. The van der Waals surface area contributed by atoms with Crippen molar-refractivity contribution in [1.29, 1.82) is 0 Å². The van der Waals surface area contributed by atoms with Crippen LogP contribution in [0.25, 0.3) is 5.69 Å². The fourth-order valence-corrected chi connectivity index (χ4v) is 3.33. The Morgan fingerprint density at radius 1 is 1.14 bits per heavy atom. The molecule has 3 aromatic rings. The molecule has 0 saturated carbocycles. The summed E-state index contributed by atoms with van der Waals surface area (Å²) < 4.78 is 60.6. The number of alkyl halides is 3. The van der Waals surface area contributed by atoms with Crippen molar-refractivity contribution >= 4 is 17.3 Å². The van der Waals surface area contributed by atoms with E-state index in [4.69, 9.17) is 4.74 Å². The number of methoxy groups -OCH3 is 1. The molecule has 0 aliphatic carbocycles. The Balaban J connectivity index is 2.16. The normalized spacial score (nSPS) is 11.3. The first kappa shape index (κ1) is 25.5. The predicted molar refractivity (Wildman–Crippen MR) is 120 cm³/mol. The highest BCUT2D eigenvalue weighted by Crippen LogP contribution is 2.36. The molecule has 0 radical (unpaired) electrons. The highest BCUT2D eigenvalue weighted by molar-refractivity contribution is 5.89. The second kappa shape index (κ2) is 9.60. The van der Waals surface area contributed by atoms with Crippen LogP contribution in [0, 0.1) is 5.82 Å². The van der Waals surface area contributed by atoms with Crippen LogP contribution < -0.4 is 26.2 Å². The van der Waals surface area contributed by atoms with Gasteiger partial charge in [-0.25, -0.2) is 13.8 Å². The molecular formula is C22H21F4N5O4. The molecule has 35 heavy (non-hydrogen) atoms. The number of aromatic nitrogens is 3. The van der Waals surface area contributed by atoms with Crippen LogP contribution in [0.4, 0.5) is 28.9 Å². The number of rotatable bonds is 6. The van der Waals surface area contributed by atoms with Crippen molar-refractivity contribution in [2.24, 2.45) is 0 Å². The van der Waals surface area contributed by atoms with E-state index in [0.717, 1.165) is 40.6 Å². The van der Waals surface area contributed by atoms with E-state index in [1.165, 1.54) is 38.1 Å². The third-order valence-corrected chi connectivity index (χ3v) is 4.92. The van der Waals surface area contributed by atoms with E-state index < -0.39 is 47.1 Å². The second-order valence-corrected chi connectivity index (χ2v) is 7.68. The highest BCUT2D eigenvalue weighted by atomic mass is 19.4. The van der Waals surface area contributed by atoms with Crippen molar-refractivity contribution in [1.82, 2.24) is 14.3 Å². The Bertz CT molecular complexity index is 1400. The number of ether oxygens (including phenoxy) is 1. The molecule has 1 N–H and O–H groups in total. The van der Waals surface area contributed by atoms with Crippen LogP contribution in [-0.2, 0) is 17.5 Å². The fourth-order valence-electron chi connectivity index (χ4n) is 3.33. The molecule has 0 aliphatic rings. The van der Waals surface area contributed by atoms with Gasteiger partial charge in [0, 0.05) is 26.7 Å². The molecule has 1 heterocycles. The zero-order valence-corrected chi connectivity index (χ0v) is 19.1. The number of nitrogens with one attached hydrogen (secondary N) is 1. The molecule has 0 spiro atoms. The van der Waals surface area contributed by atoms with Crippen LogP contribution in [0.5, 0.6) is 5.88 Å². The van der Waals surface area contributed by atoms with Gasteiger partial charge in [-0.2, -0.15) is 17.9 Å². The molecular weight excluding hydrogens is 474 g/mol. The molecule has 0 aliphatic heterocycles. The molecule has 0 fully saturated rings. The number of halogens is 4. The second-order valence-electron chi connectivity index (χ2n) is 7.68. The van der Waals surface area contributed by atoms with Crippen molar-refractivity contribution in [2.75, 3.05) is 31.4 Å². The van der Waals surface area contributed by atoms with E-state index in [0.29, 0.717) is 0 Å². The van der Waals surface area contributed by atoms with Gasteiger partial charge in [0.05, 0.1) is 30.6 Å². The quantitative estimate of drug-likeness (QED) is 0.528. The minimum Gasteiger partial charge on any atom is -0.476 e. The summed E-state index contributed by atoms with van der Waals surface area (Å²) in [6.07, 6.45) is -4.60. The SMILES string of the molecule is COc1nn(-c2ccc(F)c(NC(C)=O)c2)c(=O)n(Cc2ccc(C(F)(F)F)c(N(C)C)c2)c1=O. The van der Waals surface area contributed by atoms with E-state index in [1.807, 2.05) is 0 Å². The summed E-state index contributed by atoms with van der Waals surface area (Å²) >= 11 is 0. The number of amides is 1. The topological polar surface area (TPSA) is 98.5 Å². The molecule has 2 aromatic carbocycles. The average Bonchev–Trinajstić information content (AvgIpc) is 2.77. The fraction of sp³-hybridized carbons (Fsp3) is 0.273. The number of carbonyl (C=O) groups is 1. The molecule has 186 valence electrons. The minimum atomic E-state index is -4.60. The van der Waals surface area contributed by atoms with Gasteiger partial charge in [-0.15, -0.1) is 5.10 Å². The molecule has 1 aromatic heterocycles. The number of carbonyl (C=O) groups excluding carboxylic acids is 1. The monoisotopic (exact) mass is 495 g/mol. The van der Waals surface area contributed by atoms with Gasteiger partial charge in [-0.05, 0) is 35.9 Å². The Hall–Kier alpha value is -4.16. The first-order valence-electron chi connectivity index (χ1n) is 10.1. The molecule has 0 atom stereocenters. The number of hydrogen-bond acceptors (Lipinski definition) is 6. The van der Waals surface area contributed by atoms with Crippen molar-refractivity contribution in [3.63, 3.8) is 0 Å². The lowest BCUT2D eigenvalue weighted by molar-refractivity contribution is -0.137. The van der Waals surface area contributed by atoms with Gasteiger partial charge in [0.2, 0.25) is 5.91 Å². The molecule has 1 amide bonds. The number of nitrogens with zero attached hydrogens (tertiary/aromatic N) is 4. The largest absolute Gasteiger partial charge is 0.476 e. The molecule has 13 heteroatoms. The Labute approximate surface area is 196 Å². The van der Waals surface area contributed by atoms with Crippen LogP contribution in [0.1, 0.15) is 18.1 Å². The lowest BCUT2D eigenvalue weighted by Gasteiger charge is -2.20. The number of benzene rings is 2. The van der Waals surface area contributed by atoms with Crippen molar-refractivity contribution in [2.45, 2.75) is 19.6 Å². The van der Waals surface area contributed by atoms with Gasteiger partial charge in [-0.3, -0.25) is 9.59 Å². The highest BCUT2D eigenvalue weighted by Gasteiger charge is 2.34. The van der Waals surface area contributed by atoms with E-state index in [-0.39, 0.29) is 22.6 Å². The Kier molecular flexibility index (Phi) is 6.99. The molecule has 3 rings (SSSR count). The van der Waals surface area contributed by atoms with Gasteiger partial charge < -0.3 is 15.0 Å². The summed E-state index contributed by atoms with van der Waals surface area (Å²) in [4.78, 5) is 38.5.